The SMILES string of the molecule is CNCC1CCCN(C(=O)OCc2ccccc2)C1. The topological polar surface area (TPSA) is 41.6 Å². The molecule has 1 amide bonds. The van der Waals surface area contributed by atoms with Crippen LogP contribution < -0.4 is 5.32 Å². The molecule has 104 valence electrons. The average molecular weight is 262 g/mol. The molecule has 1 fully saturated rings. The number of hydrogen-bond acceptors (Lipinski definition) is 3. The van der Waals surface area contributed by atoms with E-state index in [9.17, 15) is 4.79 Å². The number of carbonyl (C=O) groups is 1. The summed E-state index contributed by atoms with van der Waals surface area (Å²) in [5.74, 6) is 0.544. The number of amides is 1. The summed E-state index contributed by atoms with van der Waals surface area (Å²) >= 11 is 0. The molecule has 2 rings (SSSR count). The highest BCUT2D eigenvalue weighted by Gasteiger charge is 2.24. The minimum atomic E-state index is -0.190. The van der Waals surface area contributed by atoms with E-state index >= 15 is 0 Å². The van der Waals surface area contributed by atoms with Crippen LogP contribution in [0.3, 0.4) is 0 Å². The molecule has 0 saturated carbocycles. The Hall–Kier alpha value is -1.55. The van der Waals surface area contributed by atoms with Crippen molar-refractivity contribution in [2.24, 2.45) is 5.92 Å². The zero-order valence-electron chi connectivity index (χ0n) is 11.5. The van der Waals surface area contributed by atoms with Crippen molar-refractivity contribution in [1.29, 1.82) is 0 Å². The number of piperidine rings is 1. The summed E-state index contributed by atoms with van der Waals surface area (Å²) in [6.45, 7) is 2.93. The molecule has 19 heavy (non-hydrogen) atoms. The van der Waals surface area contributed by atoms with E-state index in [2.05, 4.69) is 5.32 Å². The molecule has 0 spiro atoms. The van der Waals surface area contributed by atoms with Gasteiger partial charge in [-0.1, -0.05) is 30.3 Å². The third-order valence-electron chi connectivity index (χ3n) is 3.48. The Morgan fingerprint density at radius 3 is 2.95 bits per heavy atom. The van der Waals surface area contributed by atoms with Crippen molar-refractivity contribution in [3.05, 3.63) is 35.9 Å². The van der Waals surface area contributed by atoms with Crippen molar-refractivity contribution in [2.45, 2.75) is 19.4 Å². The van der Waals surface area contributed by atoms with Gasteiger partial charge in [0.15, 0.2) is 0 Å². The Bertz CT molecular complexity index is 392. The summed E-state index contributed by atoms with van der Waals surface area (Å²) in [6, 6.07) is 9.79. The van der Waals surface area contributed by atoms with Gasteiger partial charge in [0, 0.05) is 13.1 Å². The predicted molar refractivity (Wildman–Crippen MR) is 74.9 cm³/mol. The van der Waals surface area contributed by atoms with Crippen LogP contribution in [0.2, 0.25) is 0 Å². The Morgan fingerprint density at radius 1 is 1.42 bits per heavy atom. The molecule has 1 atom stereocenters. The van der Waals surface area contributed by atoms with Gasteiger partial charge < -0.3 is 15.0 Å². The lowest BCUT2D eigenvalue weighted by Crippen LogP contribution is -2.42. The minimum Gasteiger partial charge on any atom is -0.445 e. The van der Waals surface area contributed by atoms with Gasteiger partial charge in [-0.2, -0.15) is 0 Å². The molecule has 0 radical (unpaired) electrons. The Balaban J connectivity index is 1.79. The molecule has 0 aliphatic carbocycles. The van der Waals surface area contributed by atoms with E-state index < -0.39 is 0 Å². The quantitative estimate of drug-likeness (QED) is 0.905. The zero-order chi connectivity index (χ0) is 13.5. The fraction of sp³-hybridized carbons (Fsp3) is 0.533. The third kappa shape index (κ3) is 4.24. The lowest BCUT2D eigenvalue weighted by Gasteiger charge is -2.31. The fourth-order valence-corrected chi connectivity index (χ4v) is 2.50. The van der Waals surface area contributed by atoms with E-state index in [4.69, 9.17) is 4.74 Å². The van der Waals surface area contributed by atoms with Gasteiger partial charge in [0.05, 0.1) is 0 Å². The normalized spacial score (nSPS) is 19.2. The molecule has 1 saturated heterocycles. The first-order valence-electron chi connectivity index (χ1n) is 6.90. The first-order valence-corrected chi connectivity index (χ1v) is 6.90. The van der Waals surface area contributed by atoms with E-state index in [1.807, 2.05) is 42.3 Å². The molecular formula is C15H22N2O2. The van der Waals surface area contributed by atoms with Crippen molar-refractivity contribution in [1.82, 2.24) is 10.2 Å². The van der Waals surface area contributed by atoms with Gasteiger partial charge in [0.2, 0.25) is 0 Å². The van der Waals surface area contributed by atoms with E-state index in [0.29, 0.717) is 12.5 Å². The highest BCUT2D eigenvalue weighted by atomic mass is 16.6. The summed E-state index contributed by atoms with van der Waals surface area (Å²) < 4.78 is 5.36. The van der Waals surface area contributed by atoms with Gasteiger partial charge in [-0.3, -0.25) is 0 Å². The first-order chi connectivity index (χ1) is 9.29. The van der Waals surface area contributed by atoms with Crippen molar-refractivity contribution in [3.63, 3.8) is 0 Å². The van der Waals surface area contributed by atoms with Crippen LogP contribution in [-0.4, -0.2) is 37.7 Å². The smallest absolute Gasteiger partial charge is 0.410 e. The molecule has 1 aliphatic rings. The van der Waals surface area contributed by atoms with E-state index in [0.717, 1.165) is 31.6 Å². The van der Waals surface area contributed by atoms with E-state index in [1.165, 1.54) is 6.42 Å². The van der Waals surface area contributed by atoms with Crippen LogP contribution in [-0.2, 0) is 11.3 Å². The van der Waals surface area contributed by atoms with Crippen molar-refractivity contribution in [2.75, 3.05) is 26.7 Å². The highest BCUT2D eigenvalue weighted by Crippen LogP contribution is 2.16. The average Bonchev–Trinajstić information content (AvgIpc) is 2.46. The number of nitrogens with zero attached hydrogens (tertiary/aromatic N) is 1. The lowest BCUT2D eigenvalue weighted by molar-refractivity contribution is 0.0792. The van der Waals surface area contributed by atoms with Crippen molar-refractivity contribution >= 4 is 6.09 Å². The molecule has 1 aromatic rings. The lowest BCUT2D eigenvalue weighted by atomic mass is 9.98. The van der Waals surface area contributed by atoms with Crippen LogP contribution in [0.5, 0.6) is 0 Å². The molecule has 1 heterocycles. The molecule has 1 unspecified atom stereocenters. The Kier molecular flexibility index (Phi) is 5.21. The third-order valence-corrected chi connectivity index (χ3v) is 3.48. The minimum absolute atomic E-state index is 0.190. The molecule has 1 aliphatic heterocycles. The number of likely N-dealkylation sites (tertiary alicyclic amines) is 1. The molecule has 4 nitrogen and oxygen atoms in total. The number of carbonyl (C=O) groups excluding carboxylic acids is 1. The van der Waals surface area contributed by atoms with Crippen LogP contribution in [0.4, 0.5) is 4.79 Å². The second-order valence-corrected chi connectivity index (χ2v) is 5.05. The number of rotatable bonds is 4. The van der Waals surface area contributed by atoms with Crippen molar-refractivity contribution < 1.29 is 9.53 Å². The van der Waals surface area contributed by atoms with Crippen LogP contribution in [0.1, 0.15) is 18.4 Å². The summed E-state index contributed by atoms with van der Waals surface area (Å²) in [7, 11) is 1.95. The summed E-state index contributed by atoms with van der Waals surface area (Å²) in [4.78, 5) is 13.8. The Morgan fingerprint density at radius 2 is 2.21 bits per heavy atom. The highest BCUT2D eigenvalue weighted by molar-refractivity contribution is 5.67. The van der Waals surface area contributed by atoms with Crippen LogP contribution >= 0.6 is 0 Å². The molecule has 1 N–H and O–H groups in total. The second kappa shape index (κ2) is 7.14. The number of ether oxygens (including phenoxy) is 1. The molecular weight excluding hydrogens is 240 g/mol. The van der Waals surface area contributed by atoms with E-state index in [1.54, 1.807) is 0 Å². The van der Waals surface area contributed by atoms with Gasteiger partial charge >= 0.3 is 6.09 Å². The summed E-state index contributed by atoms with van der Waals surface area (Å²) in [6.07, 6.45) is 2.06. The fourth-order valence-electron chi connectivity index (χ4n) is 2.50. The largest absolute Gasteiger partial charge is 0.445 e. The standard InChI is InChI=1S/C15H22N2O2/c1-16-10-14-8-5-9-17(11-14)15(18)19-12-13-6-3-2-4-7-13/h2-4,6-7,14,16H,5,8-12H2,1H3. The summed E-state index contributed by atoms with van der Waals surface area (Å²) in [5.41, 5.74) is 1.03. The monoisotopic (exact) mass is 262 g/mol. The first kappa shape index (κ1) is 13.9. The molecule has 0 aromatic heterocycles. The predicted octanol–water partition coefficient (Wildman–Crippen LogP) is 2.25. The van der Waals surface area contributed by atoms with Gasteiger partial charge in [-0.25, -0.2) is 4.79 Å². The van der Waals surface area contributed by atoms with E-state index in [-0.39, 0.29) is 6.09 Å². The maximum absolute atomic E-state index is 12.0. The zero-order valence-corrected chi connectivity index (χ0v) is 11.5. The number of benzene rings is 1. The maximum atomic E-state index is 12.0. The maximum Gasteiger partial charge on any atom is 0.410 e. The van der Waals surface area contributed by atoms with Crippen molar-refractivity contribution in [3.8, 4) is 0 Å². The second-order valence-electron chi connectivity index (χ2n) is 5.05. The van der Waals surface area contributed by atoms with Crippen LogP contribution in [0, 0.1) is 5.92 Å². The van der Waals surface area contributed by atoms with Gasteiger partial charge in [0.1, 0.15) is 6.61 Å². The molecule has 4 heteroatoms. The van der Waals surface area contributed by atoms with Crippen LogP contribution in [0.15, 0.2) is 30.3 Å². The van der Waals surface area contributed by atoms with Gasteiger partial charge in [-0.15, -0.1) is 0 Å². The molecule has 1 aromatic carbocycles. The number of nitrogens with one attached hydrogen (secondary N) is 1. The molecule has 0 bridgehead atoms. The van der Waals surface area contributed by atoms with Crippen LogP contribution in [0.25, 0.3) is 0 Å². The number of hydrogen-bond donors (Lipinski definition) is 1. The summed E-state index contributed by atoms with van der Waals surface area (Å²) in [5, 5.41) is 3.18. The Labute approximate surface area is 114 Å². The van der Waals surface area contributed by atoms with Gasteiger partial charge in [-0.05, 0) is 37.9 Å². The van der Waals surface area contributed by atoms with Gasteiger partial charge in [0.25, 0.3) is 0 Å².